The molecule has 0 aliphatic heterocycles. The summed E-state index contributed by atoms with van der Waals surface area (Å²) in [5, 5.41) is 9.53. The molecule has 0 aromatic carbocycles. The Labute approximate surface area is 105 Å². The van der Waals surface area contributed by atoms with Crippen LogP contribution >= 0.6 is 11.3 Å². The molecule has 1 atom stereocenters. The minimum Gasteiger partial charge on any atom is -0.480 e. The largest absolute Gasteiger partial charge is 0.480 e. The van der Waals surface area contributed by atoms with Crippen LogP contribution in [0.5, 0.6) is 0 Å². The fourth-order valence-corrected chi connectivity index (χ4v) is 4.41. The van der Waals surface area contributed by atoms with Crippen LogP contribution in [-0.2, 0) is 21.1 Å². The molecule has 1 rings (SSSR count). The summed E-state index contributed by atoms with van der Waals surface area (Å²) < 4.78 is 23.9. The number of carbonyl (C=O) groups is 1. The second-order valence-corrected chi connectivity index (χ2v) is 7.47. The normalized spacial score (nSPS) is 13.8. The van der Waals surface area contributed by atoms with Crippen LogP contribution in [0.4, 0.5) is 0 Å². The Morgan fingerprint density at radius 1 is 1.47 bits per heavy atom. The molecule has 0 bridgehead atoms. The van der Waals surface area contributed by atoms with Crippen LogP contribution in [0.25, 0.3) is 0 Å². The van der Waals surface area contributed by atoms with Crippen molar-refractivity contribution < 1.29 is 18.3 Å². The SMILES string of the molecule is CC(C)C(C(=O)O)S(=O)(=O)CCc1cccs1. The summed E-state index contributed by atoms with van der Waals surface area (Å²) in [6.07, 6.45) is 0.385. The fourth-order valence-electron chi connectivity index (χ4n) is 1.68. The van der Waals surface area contributed by atoms with E-state index in [1.54, 1.807) is 13.8 Å². The second-order valence-electron chi connectivity index (χ2n) is 4.20. The molecule has 0 fully saturated rings. The zero-order chi connectivity index (χ0) is 13.1. The molecule has 0 aliphatic carbocycles. The molecule has 0 saturated carbocycles. The van der Waals surface area contributed by atoms with E-state index in [-0.39, 0.29) is 5.75 Å². The van der Waals surface area contributed by atoms with Gasteiger partial charge in [0.25, 0.3) is 0 Å². The van der Waals surface area contributed by atoms with Gasteiger partial charge in [-0.25, -0.2) is 8.42 Å². The maximum Gasteiger partial charge on any atom is 0.322 e. The van der Waals surface area contributed by atoms with Gasteiger partial charge >= 0.3 is 5.97 Å². The standard InChI is InChI=1S/C11H16O4S2/c1-8(2)10(11(12)13)17(14,15)7-5-9-4-3-6-16-9/h3-4,6,8,10H,5,7H2,1-2H3,(H,12,13). The zero-order valence-corrected chi connectivity index (χ0v) is 11.4. The molecule has 1 aromatic heterocycles. The van der Waals surface area contributed by atoms with E-state index in [2.05, 4.69) is 0 Å². The molecule has 0 radical (unpaired) electrons. The lowest BCUT2D eigenvalue weighted by Crippen LogP contribution is -2.36. The van der Waals surface area contributed by atoms with Gasteiger partial charge in [0.2, 0.25) is 0 Å². The average Bonchev–Trinajstić information content (AvgIpc) is 2.64. The van der Waals surface area contributed by atoms with Crippen molar-refractivity contribution in [2.24, 2.45) is 5.92 Å². The van der Waals surface area contributed by atoms with Crippen molar-refractivity contribution in [3.63, 3.8) is 0 Å². The van der Waals surface area contributed by atoms with Crippen LogP contribution in [0.3, 0.4) is 0 Å². The second kappa shape index (κ2) is 5.64. The Morgan fingerprint density at radius 3 is 2.53 bits per heavy atom. The molecule has 1 aromatic rings. The maximum absolute atomic E-state index is 11.9. The topological polar surface area (TPSA) is 71.4 Å². The van der Waals surface area contributed by atoms with Gasteiger partial charge in [-0.15, -0.1) is 11.3 Å². The minimum absolute atomic E-state index is 0.108. The van der Waals surface area contributed by atoms with Crippen molar-refractivity contribution in [3.8, 4) is 0 Å². The summed E-state index contributed by atoms with van der Waals surface area (Å²) in [6, 6.07) is 3.70. The van der Waals surface area contributed by atoms with Gasteiger partial charge in [0.1, 0.15) is 0 Å². The van der Waals surface area contributed by atoms with Crippen LogP contribution in [0.1, 0.15) is 18.7 Å². The Morgan fingerprint density at radius 2 is 2.12 bits per heavy atom. The van der Waals surface area contributed by atoms with E-state index in [4.69, 9.17) is 5.11 Å². The number of aliphatic carboxylic acids is 1. The number of thiophene rings is 1. The predicted molar refractivity (Wildman–Crippen MR) is 68.1 cm³/mol. The third-order valence-electron chi connectivity index (χ3n) is 2.45. The third-order valence-corrected chi connectivity index (χ3v) is 5.68. The van der Waals surface area contributed by atoms with Crippen molar-refractivity contribution in [2.75, 3.05) is 5.75 Å². The highest BCUT2D eigenvalue weighted by atomic mass is 32.2. The number of hydrogen-bond donors (Lipinski definition) is 1. The minimum atomic E-state index is -3.59. The summed E-state index contributed by atoms with van der Waals surface area (Å²) in [4.78, 5) is 11.9. The van der Waals surface area contributed by atoms with E-state index in [1.807, 2.05) is 17.5 Å². The zero-order valence-electron chi connectivity index (χ0n) is 9.79. The monoisotopic (exact) mass is 276 g/mol. The third kappa shape index (κ3) is 3.81. The molecule has 0 saturated heterocycles. The summed E-state index contributed by atoms with van der Waals surface area (Å²) in [5.41, 5.74) is 0. The number of aryl methyl sites for hydroxylation is 1. The van der Waals surface area contributed by atoms with Crippen LogP contribution in [0.2, 0.25) is 0 Å². The lowest BCUT2D eigenvalue weighted by atomic mass is 10.1. The number of carboxylic acids is 1. The Balaban J connectivity index is 2.76. The first kappa shape index (κ1) is 14.2. The Bertz CT molecular complexity index is 460. The molecule has 4 nitrogen and oxygen atoms in total. The van der Waals surface area contributed by atoms with Crippen LogP contribution in [-0.4, -0.2) is 30.5 Å². The first-order valence-electron chi connectivity index (χ1n) is 5.31. The van der Waals surface area contributed by atoms with Crippen molar-refractivity contribution >= 4 is 27.1 Å². The molecule has 0 spiro atoms. The molecule has 1 N–H and O–H groups in total. The maximum atomic E-state index is 11.9. The van der Waals surface area contributed by atoms with Crippen molar-refractivity contribution in [2.45, 2.75) is 25.5 Å². The highest BCUT2D eigenvalue weighted by Gasteiger charge is 2.34. The highest BCUT2D eigenvalue weighted by Crippen LogP contribution is 2.17. The summed E-state index contributed by atoms with van der Waals surface area (Å²) >= 11 is 1.48. The molecule has 1 unspecified atom stereocenters. The molecule has 0 aliphatic rings. The molecule has 1 heterocycles. The first-order chi connectivity index (χ1) is 7.84. The lowest BCUT2D eigenvalue weighted by molar-refractivity contribution is -0.137. The van der Waals surface area contributed by atoms with E-state index in [0.717, 1.165) is 4.88 Å². The predicted octanol–water partition coefficient (Wildman–Crippen LogP) is 1.81. The van der Waals surface area contributed by atoms with Crippen LogP contribution in [0, 0.1) is 5.92 Å². The van der Waals surface area contributed by atoms with Gasteiger partial charge < -0.3 is 5.11 Å². The number of sulfone groups is 1. The Hall–Kier alpha value is -0.880. The van der Waals surface area contributed by atoms with Gasteiger partial charge in [-0.2, -0.15) is 0 Å². The quantitative estimate of drug-likeness (QED) is 0.860. The molecular weight excluding hydrogens is 260 g/mol. The Kier molecular flexibility index (Phi) is 4.70. The van der Waals surface area contributed by atoms with Crippen molar-refractivity contribution in [1.82, 2.24) is 0 Å². The molecule has 96 valence electrons. The lowest BCUT2D eigenvalue weighted by Gasteiger charge is -2.16. The molecule has 0 amide bonds. The van der Waals surface area contributed by atoms with E-state index in [1.165, 1.54) is 11.3 Å². The summed E-state index contributed by atoms with van der Waals surface area (Å²) in [5.74, 6) is -1.78. The highest BCUT2D eigenvalue weighted by molar-refractivity contribution is 7.92. The molecule has 17 heavy (non-hydrogen) atoms. The van der Waals surface area contributed by atoms with Gasteiger partial charge in [-0.05, 0) is 23.8 Å². The van der Waals surface area contributed by atoms with Crippen molar-refractivity contribution in [3.05, 3.63) is 22.4 Å². The van der Waals surface area contributed by atoms with Gasteiger partial charge in [-0.3, -0.25) is 4.79 Å². The van der Waals surface area contributed by atoms with E-state index in [9.17, 15) is 13.2 Å². The number of carboxylic acid groups (broad SMARTS) is 1. The van der Waals surface area contributed by atoms with Gasteiger partial charge in [0, 0.05) is 4.88 Å². The summed E-state index contributed by atoms with van der Waals surface area (Å²) in [7, 11) is -3.59. The summed E-state index contributed by atoms with van der Waals surface area (Å²) in [6.45, 7) is 3.23. The van der Waals surface area contributed by atoms with Crippen LogP contribution < -0.4 is 0 Å². The van der Waals surface area contributed by atoms with E-state index < -0.39 is 27.0 Å². The first-order valence-corrected chi connectivity index (χ1v) is 7.91. The van der Waals surface area contributed by atoms with Gasteiger partial charge in [0.15, 0.2) is 15.1 Å². The fraction of sp³-hybridized carbons (Fsp3) is 0.545. The van der Waals surface area contributed by atoms with Gasteiger partial charge in [-0.1, -0.05) is 19.9 Å². The average molecular weight is 276 g/mol. The van der Waals surface area contributed by atoms with E-state index in [0.29, 0.717) is 6.42 Å². The van der Waals surface area contributed by atoms with Crippen LogP contribution in [0.15, 0.2) is 17.5 Å². The van der Waals surface area contributed by atoms with E-state index >= 15 is 0 Å². The molecule has 6 heteroatoms. The number of hydrogen-bond acceptors (Lipinski definition) is 4. The molecular formula is C11H16O4S2. The number of rotatable bonds is 6. The smallest absolute Gasteiger partial charge is 0.322 e. The van der Waals surface area contributed by atoms with Gasteiger partial charge in [0.05, 0.1) is 5.75 Å². The van der Waals surface area contributed by atoms with Crippen molar-refractivity contribution in [1.29, 1.82) is 0 Å².